The Morgan fingerprint density at radius 3 is 2.94 bits per heavy atom. The first kappa shape index (κ1) is 20.5. The molecule has 0 saturated heterocycles. The summed E-state index contributed by atoms with van der Waals surface area (Å²) in [6, 6.07) is 10.1. The molecule has 3 heterocycles. The maximum Gasteiger partial charge on any atom is 0.350 e. The minimum absolute atomic E-state index is 0.163. The van der Waals surface area contributed by atoms with Crippen molar-refractivity contribution in [1.82, 2.24) is 29.6 Å². The Balaban J connectivity index is 1.22. The number of pyridine rings is 1. The fourth-order valence-electron chi connectivity index (χ4n) is 3.08. The van der Waals surface area contributed by atoms with Crippen molar-refractivity contribution in [3.8, 4) is 11.4 Å². The molecule has 4 aromatic rings. The van der Waals surface area contributed by atoms with Crippen molar-refractivity contribution in [1.29, 1.82) is 0 Å². The molecule has 160 valence electrons. The topological polar surface area (TPSA) is 107 Å². The summed E-state index contributed by atoms with van der Waals surface area (Å²) in [5.74, 6) is 0.0900. The smallest absolute Gasteiger partial charge is 0.350 e. The molecule has 0 saturated carbocycles. The largest absolute Gasteiger partial charge is 0.356 e. The summed E-state index contributed by atoms with van der Waals surface area (Å²) in [5.41, 5.74) is 1.44. The molecule has 1 N–H and O–H groups in total. The molecule has 10 heteroatoms. The molecule has 0 atom stereocenters. The highest BCUT2D eigenvalue weighted by Crippen LogP contribution is 2.19. The van der Waals surface area contributed by atoms with Gasteiger partial charge in [-0.1, -0.05) is 23.4 Å². The molecule has 1 amide bonds. The molecule has 0 spiro atoms. The Hall–Kier alpha value is -3.82. The lowest BCUT2D eigenvalue weighted by Gasteiger charge is -2.03. The molecule has 0 bridgehead atoms. The van der Waals surface area contributed by atoms with E-state index in [-0.39, 0.29) is 36.1 Å². The van der Waals surface area contributed by atoms with Crippen molar-refractivity contribution in [2.45, 2.75) is 32.7 Å². The SMILES string of the molecule is Cc1ccc(-c2noc(CCC(=O)NCCCn3nc4ccccn4c3=O)n2)cc1F. The van der Waals surface area contributed by atoms with Crippen LogP contribution in [0.4, 0.5) is 4.39 Å². The van der Waals surface area contributed by atoms with Crippen molar-refractivity contribution in [2.24, 2.45) is 0 Å². The highest BCUT2D eigenvalue weighted by Gasteiger charge is 2.12. The number of aromatic nitrogens is 5. The quantitative estimate of drug-likeness (QED) is 0.434. The lowest BCUT2D eigenvalue weighted by Crippen LogP contribution is -2.27. The summed E-state index contributed by atoms with van der Waals surface area (Å²) in [7, 11) is 0. The summed E-state index contributed by atoms with van der Waals surface area (Å²) < 4.78 is 21.7. The normalized spacial score (nSPS) is 11.2. The van der Waals surface area contributed by atoms with E-state index in [0.717, 1.165) is 0 Å². The summed E-state index contributed by atoms with van der Waals surface area (Å²) >= 11 is 0. The van der Waals surface area contributed by atoms with Crippen LogP contribution in [0.2, 0.25) is 0 Å². The number of carbonyl (C=O) groups is 1. The number of hydrogen-bond donors (Lipinski definition) is 1. The predicted octanol–water partition coefficient (Wildman–Crippen LogP) is 2.13. The molecular formula is C21H21FN6O3. The zero-order valence-electron chi connectivity index (χ0n) is 16.9. The van der Waals surface area contributed by atoms with Gasteiger partial charge >= 0.3 is 5.69 Å². The monoisotopic (exact) mass is 424 g/mol. The van der Waals surface area contributed by atoms with Gasteiger partial charge in [-0.25, -0.2) is 13.9 Å². The molecule has 9 nitrogen and oxygen atoms in total. The molecule has 31 heavy (non-hydrogen) atoms. The third-order valence-electron chi connectivity index (χ3n) is 4.82. The number of carbonyl (C=O) groups excluding carboxylic acids is 1. The predicted molar refractivity (Wildman–Crippen MR) is 110 cm³/mol. The Kier molecular flexibility index (Phi) is 5.87. The van der Waals surface area contributed by atoms with Gasteiger partial charge in [0.2, 0.25) is 17.6 Å². The molecule has 0 unspecified atom stereocenters. The number of nitrogens with one attached hydrogen (secondary N) is 1. The van der Waals surface area contributed by atoms with Gasteiger partial charge in [-0.2, -0.15) is 4.98 Å². The number of amides is 1. The first-order chi connectivity index (χ1) is 15.0. The molecule has 0 aliphatic rings. The third-order valence-corrected chi connectivity index (χ3v) is 4.82. The van der Waals surface area contributed by atoms with Gasteiger partial charge in [-0.15, -0.1) is 5.10 Å². The summed E-state index contributed by atoms with van der Waals surface area (Å²) in [6.45, 7) is 2.49. The van der Waals surface area contributed by atoms with Crippen LogP contribution in [0, 0.1) is 12.7 Å². The van der Waals surface area contributed by atoms with Crippen LogP contribution in [0.3, 0.4) is 0 Å². The van der Waals surface area contributed by atoms with Crippen molar-refractivity contribution in [3.05, 3.63) is 70.4 Å². The lowest BCUT2D eigenvalue weighted by atomic mass is 10.1. The molecule has 0 aliphatic heterocycles. The highest BCUT2D eigenvalue weighted by atomic mass is 19.1. The van der Waals surface area contributed by atoms with Crippen LogP contribution >= 0.6 is 0 Å². The van der Waals surface area contributed by atoms with Gasteiger partial charge in [0.1, 0.15) is 5.82 Å². The van der Waals surface area contributed by atoms with Crippen LogP contribution < -0.4 is 11.0 Å². The zero-order valence-corrected chi connectivity index (χ0v) is 16.9. The van der Waals surface area contributed by atoms with E-state index in [2.05, 4.69) is 20.6 Å². The minimum Gasteiger partial charge on any atom is -0.356 e. The van der Waals surface area contributed by atoms with E-state index in [0.29, 0.717) is 42.2 Å². The van der Waals surface area contributed by atoms with Gasteiger partial charge in [-0.05, 0) is 37.1 Å². The van der Waals surface area contributed by atoms with Crippen molar-refractivity contribution < 1.29 is 13.7 Å². The Morgan fingerprint density at radius 2 is 2.13 bits per heavy atom. The van der Waals surface area contributed by atoms with E-state index in [1.165, 1.54) is 15.1 Å². The highest BCUT2D eigenvalue weighted by molar-refractivity contribution is 5.76. The molecule has 3 aromatic heterocycles. The molecule has 0 radical (unpaired) electrons. The van der Waals surface area contributed by atoms with Crippen molar-refractivity contribution in [3.63, 3.8) is 0 Å². The maximum atomic E-state index is 13.7. The molecular weight excluding hydrogens is 403 g/mol. The van der Waals surface area contributed by atoms with Gasteiger partial charge in [-0.3, -0.25) is 9.20 Å². The van der Waals surface area contributed by atoms with Gasteiger partial charge < -0.3 is 9.84 Å². The van der Waals surface area contributed by atoms with Crippen LogP contribution in [-0.2, 0) is 17.8 Å². The second-order valence-electron chi connectivity index (χ2n) is 7.11. The van der Waals surface area contributed by atoms with E-state index >= 15 is 0 Å². The van der Waals surface area contributed by atoms with Gasteiger partial charge in [0, 0.05) is 37.7 Å². The second-order valence-corrected chi connectivity index (χ2v) is 7.11. The number of aryl methyl sites for hydroxylation is 3. The fraction of sp³-hybridized carbons (Fsp3) is 0.286. The van der Waals surface area contributed by atoms with E-state index in [9.17, 15) is 14.0 Å². The molecule has 0 fully saturated rings. The van der Waals surface area contributed by atoms with Crippen LogP contribution in [0.5, 0.6) is 0 Å². The summed E-state index contributed by atoms with van der Waals surface area (Å²) in [6.07, 6.45) is 2.69. The van der Waals surface area contributed by atoms with E-state index in [1.54, 1.807) is 37.4 Å². The Bertz CT molecular complexity index is 1280. The van der Waals surface area contributed by atoms with E-state index < -0.39 is 0 Å². The van der Waals surface area contributed by atoms with Crippen molar-refractivity contribution in [2.75, 3.05) is 6.54 Å². The van der Waals surface area contributed by atoms with Crippen molar-refractivity contribution >= 4 is 11.6 Å². The van der Waals surface area contributed by atoms with Crippen LogP contribution in [0.15, 0.2) is 51.9 Å². The minimum atomic E-state index is -0.339. The standard InChI is InChI=1S/C21H21FN6O3/c1-14-6-7-15(13-16(14)22)20-24-19(31-26-20)9-8-18(29)23-10-4-12-28-21(30)27-11-3-2-5-17(27)25-28/h2-3,5-7,11,13H,4,8-10,12H2,1H3,(H,23,29). The average Bonchev–Trinajstić information content (AvgIpc) is 3.37. The number of benzene rings is 1. The molecule has 0 aliphatic carbocycles. The summed E-state index contributed by atoms with van der Waals surface area (Å²) in [4.78, 5) is 28.5. The molecule has 4 rings (SSSR count). The maximum absolute atomic E-state index is 13.7. The lowest BCUT2D eigenvalue weighted by molar-refractivity contribution is -0.121. The van der Waals surface area contributed by atoms with Gasteiger partial charge in [0.15, 0.2) is 5.65 Å². The number of rotatable bonds is 8. The molecule has 1 aromatic carbocycles. The van der Waals surface area contributed by atoms with Gasteiger partial charge in [0.25, 0.3) is 0 Å². The average molecular weight is 424 g/mol. The first-order valence-corrected chi connectivity index (χ1v) is 9.91. The van der Waals surface area contributed by atoms with E-state index in [4.69, 9.17) is 4.52 Å². The number of fused-ring (bicyclic) bond motifs is 1. The van der Waals surface area contributed by atoms with Crippen LogP contribution in [-0.4, -0.2) is 36.8 Å². The van der Waals surface area contributed by atoms with Crippen LogP contribution in [0.1, 0.15) is 24.3 Å². The summed E-state index contributed by atoms with van der Waals surface area (Å²) in [5, 5.41) is 10.9. The number of halogens is 1. The van der Waals surface area contributed by atoms with E-state index in [1.807, 2.05) is 6.07 Å². The third kappa shape index (κ3) is 4.68. The Labute approximate surface area is 176 Å². The van der Waals surface area contributed by atoms with Gasteiger partial charge in [0.05, 0.1) is 0 Å². The second kappa shape index (κ2) is 8.90. The number of nitrogens with zero attached hydrogens (tertiary/aromatic N) is 5. The Morgan fingerprint density at radius 1 is 1.26 bits per heavy atom. The fourth-order valence-corrected chi connectivity index (χ4v) is 3.08. The van der Waals surface area contributed by atoms with Crippen LogP contribution in [0.25, 0.3) is 17.0 Å². The first-order valence-electron chi connectivity index (χ1n) is 9.91. The number of hydrogen-bond acceptors (Lipinski definition) is 6. The zero-order chi connectivity index (χ0) is 21.8.